The second-order valence-corrected chi connectivity index (χ2v) is 4.40. The number of nitrogen functional groups attached to an aromatic ring is 1. The Bertz CT molecular complexity index is 512. The summed E-state index contributed by atoms with van der Waals surface area (Å²) in [5, 5.41) is 2.61. The van der Waals surface area contributed by atoms with Gasteiger partial charge in [-0.05, 0) is 24.6 Å². The van der Waals surface area contributed by atoms with Gasteiger partial charge in [-0.1, -0.05) is 6.07 Å². The fourth-order valence-corrected chi connectivity index (χ4v) is 1.94. The van der Waals surface area contributed by atoms with Crippen molar-refractivity contribution in [2.45, 2.75) is 19.3 Å². The molecule has 6 nitrogen and oxygen atoms in total. The molecule has 3 N–H and O–H groups in total. The van der Waals surface area contributed by atoms with Crippen molar-refractivity contribution in [2.75, 3.05) is 17.6 Å². The predicted molar refractivity (Wildman–Crippen MR) is 70.1 cm³/mol. The number of nitrogens with one attached hydrogen (secondary N) is 1. The van der Waals surface area contributed by atoms with Crippen LogP contribution in [0.3, 0.4) is 0 Å². The van der Waals surface area contributed by atoms with Crippen LogP contribution in [0.15, 0.2) is 24.3 Å². The van der Waals surface area contributed by atoms with E-state index in [2.05, 4.69) is 5.32 Å². The predicted octanol–water partition coefficient (Wildman–Crippen LogP) is 0.746. The molecular weight excluding hydrogens is 246 g/mol. The molecule has 0 spiro atoms. The molecular formula is C13H15N3O3. The molecule has 1 fully saturated rings. The van der Waals surface area contributed by atoms with E-state index in [4.69, 9.17) is 5.73 Å². The molecule has 0 aromatic heterocycles. The lowest BCUT2D eigenvalue weighted by atomic mass is 10.1. The van der Waals surface area contributed by atoms with Crippen LogP contribution >= 0.6 is 0 Å². The Morgan fingerprint density at radius 1 is 1.26 bits per heavy atom. The van der Waals surface area contributed by atoms with Crippen molar-refractivity contribution in [1.82, 2.24) is 4.90 Å². The normalized spacial score (nSPS) is 15.5. The maximum atomic E-state index is 11.8. The molecule has 1 aromatic rings. The summed E-state index contributed by atoms with van der Waals surface area (Å²) in [5.74, 6) is -0.993. The van der Waals surface area contributed by atoms with Crippen molar-refractivity contribution in [1.29, 1.82) is 0 Å². The number of carbonyl (C=O) groups excluding carboxylic acids is 3. The van der Waals surface area contributed by atoms with Gasteiger partial charge in [0.1, 0.15) is 6.54 Å². The smallest absolute Gasteiger partial charge is 0.244 e. The maximum absolute atomic E-state index is 11.8. The fraction of sp³-hybridized carbons (Fsp3) is 0.308. The van der Waals surface area contributed by atoms with Crippen molar-refractivity contribution in [3.05, 3.63) is 24.3 Å². The minimum atomic E-state index is -0.408. The van der Waals surface area contributed by atoms with E-state index in [1.165, 1.54) is 0 Å². The van der Waals surface area contributed by atoms with Crippen LogP contribution in [0.25, 0.3) is 0 Å². The van der Waals surface area contributed by atoms with E-state index in [9.17, 15) is 14.4 Å². The highest BCUT2D eigenvalue weighted by molar-refractivity contribution is 6.03. The Morgan fingerprint density at radius 2 is 1.95 bits per heavy atom. The third kappa shape index (κ3) is 3.31. The molecule has 1 aromatic carbocycles. The molecule has 1 aliphatic heterocycles. The molecule has 6 heteroatoms. The van der Waals surface area contributed by atoms with Gasteiger partial charge in [-0.25, -0.2) is 0 Å². The summed E-state index contributed by atoms with van der Waals surface area (Å²) < 4.78 is 0. The van der Waals surface area contributed by atoms with Gasteiger partial charge < -0.3 is 11.1 Å². The standard InChI is InChI=1S/C13H15N3O3/c14-9-3-1-4-10(7-9)15-11(17)8-16-12(18)5-2-6-13(16)19/h1,3-4,7H,2,5-6,8,14H2,(H,15,17). The maximum Gasteiger partial charge on any atom is 0.244 e. The number of piperidine rings is 1. The van der Waals surface area contributed by atoms with Crippen molar-refractivity contribution in [3.8, 4) is 0 Å². The fourth-order valence-electron chi connectivity index (χ4n) is 1.94. The minimum absolute atomic E-state index is 0.244. The number of imide groups is 1. The lowest BCUT2D eigenvalue weighted by molar-refractivity contribution is -0.150. The number of anilines is 2. The Hall–Kier alpha value is -2.37. The number of hydrogen-bond donors (Lipinski definition) is 2. The van der Waals surface area contributed by atoms with E-state index in [0.717, 1.165) is 4.90 Å². The molecule has 3 amide bonds. The number of hydrogen-bond acceptors (Lipinski definition) is 4. The van der Waals surface area contributed by atoms with E-state index in [-0.39, 0.29) is 18.4 Å². The number of amides is 3. The number of likely N-dealkylation sites (tertiary alicyclic amines) is 1. The van der Waals surface area contributed by atoms with Crippen LogP contribution in [0, 0.1) is 0 Å². The second kappa shape index (κ2) is 5.51. The van der Waals surface area contributed by atoms with Crippen LogP contribution in [-0.2, 0) is 14.4 Å². The molecule has 2 rings (SSSR count). The van der Waals surface area contributed by atoms with Crippen LogP contribution in [0.5, 0.6) is 0 Å². The number of nitrogens with zero attached hydrogens (tertiary/aromatic N) is 1. The van der Waals surface area contributed by atoms with Gasteiger partial charge in [-0.3, -0.25) is 19.3 Å². The third-order valence-electron chi connectivity index (χ3n) is 2.86. The van der Waals surface area contributed by atoms with Gasteiger partial charge in [0.25, 0.3) is 0 Å². The Labute approximate surface area is 110 Å². The summed E-state index contributed by atoms with van der Waals surface area (Å²) in [6.45, 7) is -0.244. The Kier molecular flexibility index (Phi) is 3.79. The summed E-state index contributed by atoms with van der Waals surface area (Å²) >= 11 is 0. The molecule has 100 valence electrons. The molecule has 0 radical (unpaired) electrons. The quantitative estimate of drug-likeness (QED) is 0.620. The van der Waals surface area contributed by atoms with Gasteiger partial charge in [0.15, 0.2) is 0 Å². The topological polar surface area (TPSA) is 92.5 Å². The van der Waals surface area contributed by atoms with E-state index in [1.807, 2.05) is 0 Å². The van der Waals surface area contributed by atoms with Gasteiger partial charge in [0, 0.05) is 24.2 Å². The molecule has 0 atom stereocenters. The molecule has 0 saturated carbocycles. The molecule has 1 heterocycles. The minimum Gasteiger partial charge on any atom is -0.399 e. The van der Waals surface area contributed by atoms with Gasteiger partial charge in [-0.15, -0.1) is 0 Å². The number of carbonyl (C=O) groups is 3. The number of rotatable bonds is 3. The molecule has 1 aliphatic rings. The van der Waals surface area contributed by atoms with Crippen molar-refractivity contribution in [2.24, 2.45) is 0 Å². The highest BCUT2D eigenvalue weighted by Gasteiger charge is 2.27. The van der Waals surface area contributed by atoms with Crippen LogP contribution in [0.4, 0.5) is 11.4 Å². The van der Waals surface area contributed by atoms with Crippen LogP contribution in [-0.4, -0.2) is 29.2 Å². The lowest BCUT2D eigenvalue weighted by Crippen LogP contribution is -2.44. The molecule has 0 unspecified atom stereocenters. The highest BCUT2D eigenvalue weighted by atomic mass is 16.2. The molecule has 0 aliphatic carbocycles. The summed E-state index contributed by atoms with van der Waals surface area (Å²) in [4.78, 5) is 35.9. The van der Waals surface area contributed by atoms with Crippen LogP contribution < -0.4 is 11.1 Å². The van der Waals surface area contributed by atoms with Gasteiger partial charge in [0.05, 0.1) is 0 Å². The first-order chi connectivity index (χ1) is 9.06. The average Bonchev–Trinajstić information content (AvgIpc) is 2.34. The van der Waals surface area contributed by atoms with Gasteiger partial charge in [-0.2, -0.15) is 0 Å². The van der Waals surface area contributed by atoms with Gasteiger partial charge in [0.2, 0.25) is 17.7 Å². The van der Waals surface area contributed by atoms with Crippen molar-refractivity contribution < 1.29 is 14.4 Å². The van der Waals surface area contributed by atoms with Crippen LogP contribution in [0.1, 0.15) is 19.3 Å². The lowest BCUT2D eigenvalue weighted by Gasteiger charge is -2.24. The first-order valence-electron chi connectivity index (χ1n) is 6.05. The summed E-state index contributed by atoms with van der Waals surface area (Å²) in [6, 6.07) is 6.71. The van der Waals surface area contributed by atoms with Gasteiger partial charge >= 0.3 is 0 Å². The van der Waals surface area contributed by atoms with E-state index in [1.54, 1.807) is 24.3 Å². The summed E-state index contributed by atoms with van der Waals surface area (Å²) in [7, 11) is 0. The number of nitrogens with two attached hydrogens (primary N) is 1. The highest BCUT2D eigenvalue weighted by Crippen LogP contribution is 2.14. The second-order valence-electron chi connectivity index (χ2n) is 4.40. The van der Waals surface area contributed by atoms with E-state index < -0.39 is 5.91 Å². The van der Waals surface area contributed by atoms with Crippen molar-refractivity contribution in [3.63, 3.8) is 0 Å². The molecule has 0 bridgehead atoms. The zero-order valence-electron chi connectivity index (χ0n) is 10.4. The summed E-state index contributed by atoms with van der Waals surface area (Å²) in [5.41, 5.74) is 6.67. The SMILES string of the molecule is Nc1cccc(NC(=O)CN2C(=O)CCCC2=O)c1. The molecule has 19 heavy (non-hydrogen) atoms. The molecule has 1 saturated heterocycles. The first kappa shape index (κ1) is 13.1. The van der Waals surface area contributed by atoms with E-state index >= 15 is 0 Å². The number of benzene rings is 1. The zero-order valence-corrected chi connectivity index (χ0v) is 10.4. The largest absolute Gasteiger partial charge is 0.399 e. The summed E-state index contributed by atoms with van der Waals surface area (Å²) in [6.07, 6.45) is 1.19. The Balaban J connectivity index is 1.97. The van der Waals surface area contributed by atoms with Crippen LogP contribution in [0.2, 0.25) is 0 Å². The van der Waals surface area contributed by atoms with E-state index in [0.29, 0.717) is 30.6 Å². The third-order valence-corrected chi connectivity index (χ3v) is 2.86. The average molecular weight is 261 g/mol. The first-order valence-corrected chi connectivity index (χ1v) is 6.05. The Morgan fingerprint density at radius 3 is 2.58 bits per heavy atom. The zero-order chi connectivity index (χ0) is 13.8. The van der Waals surface area contributed by atoms with Crippen molar-refractivity contribution >= 4 is 29.1 Å². The monoisotopic (exact) mass is 261 g/mol.